The molecule has 0 aliphatic heterocycles. The van der Waals surface area contributed by atoms with Gasteiger partial charge in [-0.2, -0.15) is 10.2 Å². The van der Waals surface area contributed by atoms with Crippen molar-refractivity contribution in [2.75, 3.05) is 6.54 Å². The van der Waals surface area contributed by atoms with E-state index in [1.165, 1.54) is 31.2 Å². The molecule has 1 saturated carbocycles. The molecular weight excluding hydrogens is 210 g/mol. The number of hydrogen-bond acceptors (Lipinski definition) is 3. The Morgan fingerprint density at radius 1 is 1.35 bits per heavy atom. The molecule has 1 fully saturated rings. The molecule has 2 rings (SSSR count). The van der Waals surface area contributed by atoms with E-state index in [0.717, 1.165) is 23.9 Å². The Balaban J connectivity index is 2.13. The summed E-state index contributed by atoms with van der Waals surface area (Å²) in [5, 5.41) is 12.0. The van der Waals surface area contributed by atoms with E-state index in [9.17, 15) is 0 Å². The first-order valence-electron chi connectivity index (χ1n) is 6.75. The second-order valence-corrected chi connectivity index (χ2v) is 5.21. The van der Waals surface area contributed by atoms with Crippen molar-refractivity contribution in [2.24, 2.45) is 5.92 Å². The van der Waals surface area contributed by atoms with Crippen molar-refractivity contribution in [1.29, 1.82) is 0 Å². The molecule has 1 heterocycles. The van der Waals surface area contributed by atoms with Gasteiger partial charge in [0.2, 0.25) is 0 Å². The zero-order chi connectivity index (χ0) is 12.3. The molecule has 0 spiro atoms. The fourth-order valence-corrected chi connectivity index (χ4v) is 2.25. The lowest BCUT2D eigenvalue weighted by Crippen LogP contribution is -2.24. The Kier molecular flexibility index (Phi) is 4.11. The third kappa shape index (κ3) is 3.50. The Morgan fingerprint density at radius 3 is 2.76 bits per heavy atom. The minimum Gasteiger partial charge on any atom is -0.310 e. The molecule has 1 atom stereocenters. The summed E-state index contributed by atoms with van der Waals surface area (Å²) < 4.78 is 0. The van der Waals surface area contributed by atoms with Gasteiger partial charge in [0.15, 0.2) is 0 Å². The fourth-order valence-electron chi connectivity index (χ4n) is 2.25. The molecule has 1 aromatic heterocycles. The fraction of sp³-hybridized carbons (Fsp3) is 0.714. The SMILES string of the molecule is CCCNC(CC1CC1)c1cc(C)nnc1C. The lowest BCUT2D eigenvalue weighted by Gasteiger charge is -2.20. The summed E-state index contributed by atoms with van der Waals surface area (Å²) in [5.74, 6) is 0.928. The van der Waals surface area contributed by atoms with Crippen LogP contribution in [0.25, 0.3) is 0 Å². The van der Waals surface area contributed by atoms with E-state index >= 15 is 0 Å². The Bertz CT molecular complexity index is 372. The topological polar surface area (TPSA) is 37.8 Å². The van der Waals surface area contributed by atoms with Gasteiger partial charge in [0.1, 0.15) is 0 Å². The van der Waals surface area contributed by atoms with Crippen LogP contribution in [0.4, 0.5) is 0 Å². The molecule has 1 unspecified atom stereocenters. The highest BCUT2D eigenvalue weighted by molar-refractivity contribution is 5.24. The monoisotopic (exact) mass is 233 g/mol. The lowest BCUT2D eigenvalue weighted by atomic mass is 9.99. The minimum atomic E-state index is 0.469. The zero-order valence-electron chi connectivity index (χ0n) is 11.2. The molecular formula is C14H23N3. The zero-order valence-corrected chi connectivity index (χ0v) is 11.2. The van der Waals surface area contributed by atoms with Crippen LogP contribution in [0.1, 0.15) is 55.6 Å². The Labute approximate surface area is 104 Å². The highest BCUT2D eigenvalue weighted by Crippen LogP contribution is 2.38. The molecule has 1 aromatic rings. The molecule has 3 heteroatoms. The third-order valence-electron chi connectivity index (χ3n) is 3.42. The third-order valence-corrected chi connectivity index (χ3v) is 3.42. The summed E-state index contributed by atoms with van der Waals surface area (Å²) in [7, 11) is 0. The Morgan fingerprint density at radius 2 is 2.12 bits per heavy atom. The number of rotatable bonds is 6. The lowest BCUT2D eigenvalue weighted by molar-refractivity contribution is 0.469. The number of nitrogens with zero attached hydrogens (tertiary/aromatic N) is 2. The van der Waals surface area contributed by atoms with Gasteiger partial charge in [0, 0.05) is 6.04 Å². The second-order valence-electron chi connectivity index (χ2n) is 5.21. The normalized spacial score (nSPS) is 17.1. The first kappa shape index (κ1) is 12.5. The summed E-state index contributed by atoms with van der Waals surface area (Å²) in [6, 6.07) is 2.66. The summed E-state index contributed by atoms with van der Waals surface area (Å²) in [5.41, 5.74) is 3.44. The van der Waals surface area contributed by atoms with Crippen LogP contribution < -0.4 is 5.32 Å². The molecule has 1 aliphatic carbocycles. The molecule has 0 saturated heterocycles. The largest absolute Gasteiger partial charge is 0.310 e. The highest BCUT2D eigenvalue weighted by Gasteiger charge is 2.27. The molecule has 0 radical (unpaired) electrons. The second kappa shape index (κ2) is 5.58. The number of nitrogens with one attached hydrogen (secondary N) is 1. The van der Waals surface area contributed by atoms with Crippen LogP contribution in [0.3, 0.4) is 0 Å². The smallest absolute Gasteiger partial charge is 0.0648 e. The van der Waals surface area contributed by atoms with Crippen LogP contribution in [0, 0.1) is 19.8 Å². The maximum Gasteiger partial charge on any atom is 0.0648 e. The molecule has 94 valence electrons. The quantitative estimate of drug-likeness (QED) is 0.821. The molecule has 1 aliphatic rings. The average Bonchev–Trinajstić information content (AvgIpc) is 3.11. The maximum atomic E-state index is 4.25. The number of aryl methyl sites for hydroxylation is 2. The Hall–Kier alpha value is -0.960. The first-order valence-corrected chi connectivity index (χ1v) is 6.75. The maximum absolute atomic E-state index is 4.25. The van der Waals surface area contributed by atoms with Crippen LogP contribution in [-0.4, -0.2) is 16.7 Å². The van der Waals surface area contributed by atoms with Gasteiger partial charge < -0.3 is 5.32 Å². The minimum absolute atomic E-state index is 0.469. The van der Waals surface area contributed by atoms with Crippen LogP contribution in [0.15, 0.2) is 6.07 Å². The van der Waals surface area contributed by atoms with Gasteiger partial charge in [0.05, 0.1) is 11.4 Å². The van der Waals surface area contributed by atoms with Gasteiger partial charge in [-0.25, -0.2) is 0 Å². The number of hydrogen-bond donors (Lipinski definition) is 1. The van der Waals surface area contributed by atoms with E-state index in [-0.39, 0.29) is 0 Å². The summed E-state index contributed by atoms with van der Waals surface area (Å²) in [6.07, 6.45) is 5.24. The van der Waals surface area contributed by atoms with E-state index in [2.05, 4.69) is 35.4 Å². The van der Waals surface area contributed by atoms with E-state index < -0.39 is 0 Å². The predicted molar refractivity (Wildman–Crippen MR) is 69.9 cm³/mol. The summed E-state index contributed by atoms with van der Waals surface area (Å²) in [6.45, 7) is 7.38. The highest BCUT2D eigenvalue weighted by atomic mass is 15.1. The average molecular weight is 233 g/mol. The van der Waals surface area contributed by atoms with Crippen molar-refractivity contribution < 1.29 is 0 Å². The van der Waals surface area contributed by atoms with Gasteiger partial charge >= 0.3 is 0 Å². The summed E-state index contributed by atoms with van der Waals surface area (Å²) in [4.78, 5) is 0. The molecule has 0 bridgehead atoms. The van der Waals surface area contributed by atoms with Crippen LogP contribution >= 0.6 is 0 Å². The van der Waals surface area contributed by atoms with Gasteiger partial charge in [-0.15, -0.1) is 0 Å². The van der Waals surface area contributed by atoms with Crippen molar-refractivity contribution in [3.05, 3.63) is 23.0 Å². The first-order chi connectivity index (χ1) is 8.20. The molecule has 0 aromatic carbocycles. The van der Waals surface area contributed by atoms with Crippen molar-refractivity contribution >= 4 is 0 Å². The van der Waals surface area contributed by atoms with Crippen LogP contribution in [0.5, 0.6) is 0 Å². The molecule has 1 N–H and O–H groups in total. The van der Waals surface area contributed by atoms with Gasteiger partial charge in [-0.05, 0) is 50.8 Å². The van der Waals surface area contributed by atoms with Crippen molar-refractivity contribution in [3.63, 3.8) is 0 Å². The van der Waals surface area contributed by atoms with E-state index in [0.29, 0.717) is 6.04 Å². The van der Waals surface area contributed by atoms with Gasteiger partial charge in [-0.3, -0.25) is 0 Å². The molecule has 3 nitrogen and oxygen atoms in total. The van der Waals surface area contributed by atoms with Gasteiger partial charge in [0.25, 0.3) is 0 Å². The van der Waals surface area contributed by atoms with E-state index in [1.807, 2.05) is 6.92 Å². The van der Waals surface area contributed by atoms with E-state index in [1.54, 1.807) is 0 Å². The van der Waals surface area contributed by atoms with Gasteiger partial charge in [-0.1, -0.05) is 19.8 Å². The molecule has 0 amide bonds. The van der Waals surface area contributed by atoms with Crippen molar-refractivity contribution in [1.82, 2.24) is 15.5 Å². The van der Waals surface area contributed by atoms with Crippen molar-refractivity contribution in [3.8, 4) is 0 Å². The van der Waals surface area contributed by atoms with Crippen LogP contribution in [-0.2, 0) is 0 Å². The van der Waals surface area contributed by atoms with Crippen molar-refractivity contribution in [2.45, 2.75) is 52.5 Å². The summed E-state index contributed by atoms with van der Waals surface area (Å²) >= 11 is 0. The van der Waals surface area contributed by atoms with Crippen LogP contribution in [0.2, 0.25) is 0 Å². The predicted octanol–water partition coefficient (Wildman–Crippen LogP) is 2.93. The standard InChI is InChI=1S/C14H23N3/c1-4-7-15-14(9-12-5-6-12)13-8-10(2)16-17-11(13)3/h8,12,14-15H,4-7,9H2,1-3H3. The molecule has 17 heavy (non-hydrogen) atoms. The number of aromatic nitrogens is 2. The van der Waals surface area contributed by atoms with E-state index in [4.69, 9.17) is 0 Å².